The summed E-state index contributed by atoms with van der Waals surface area (Å²) in [7, 11) is 0. The first kappa shape index (κ1) is 42.7. The van der Waals surface area contributed by atoms with Gasteiger partial charge in [-0.1, -0.05) is 141 Å². The average molecular weight is 656 g/mol. The molecular weight excluding hydrogens is 586 g/mol. The number of hydrogen-bond acceptors (Lipinski definition) is 8. The molecule has 1 saturated heterocycles. The maximum Gasteiger partial charge on any atom is 0.220 e. The number of unbranched alkanes of at least 4 members (excludes halogenated alkanes) is 17. The fourth-order valence-corrected chi connectivity index (χ4v) is 5.71. The zero-order valence-corrected chi connectivity index (χ0v) is 29.1. The van der Waals surface area contributed by atoms with Gasteiger partial charge in [0.1, 0.15) is 24.4 Å². The van der Waals surface area contributed by atoms with Crippen LogP contribution in [0.3, 0.4) is 0 Å². The van der Waals surface area contributed by atoms with Crippen LogP contribution in [0.4, 0.5) is 0 Å². The van der Waals surface area contributed by atoms with Crippen molar-refractivity contribution >= 4 is 5.91 Å². The second-order valence-corrected chi connectivity index (χ2v) is 13.0. The number of aliphatic hydroxyl groups excluding tert-OH is 5. The highest BCUT2D eigenvalue weighted by atomic mass is 16.7. The van der Waals surface area contributed by atoms with E-state index in [1.54, 1.807) is 6.08 Å². The first-order valence-corrected chi connectivity index (χ1v) is 18.6. The highest BCUT2D eigenvalue weighted by molar-refractivity contribution is 5.76. The van der Waals surface area contributed by atoms with Gasteiger partial charge in [0.25, 0.3) is 0 Å². The second-order valence-electron chi connectivity index (χ2n) is 13.0. The Kier molecular flexibility index (Phi) is 26.6. The molecule has 0 aromatic heterocycles. The number of allylic oxidation sites excluding steroid dienone is 3. The van der Waals surface area contributed by atoms with Crippen LogP contribution in [0.1, 0.15) is 149 Å². The van der Waals surface area contributed by atoms with Crippen LogP contribution in [0.2, 0.25) is 0 Å². The summed E-state index contributed by atoms with van der Waals surface area (Å²) < 4.78 is 11.1. The number of nitrogens with one attached hydrogen (secondary N) is 1. The van der Waals surface area contributed by atoms with Gasteiger partial charge in [-0.3, -0.25) is 4.79 Å². The van der Waals surface area contributed by atoms with Gasteiger partial charge in [0, 0.05) is 6.42 Å². The summed E-state index contributed by atoms with van der Waals surface area (Å²) in [5, 5.41) is 53.6. The Balaban J connectivity index is 2.38. The van der Waals surface area contributed by atoms with Gasteiger partial charge >= 0.3 is 0 Å². The van der Waals surface area contributed by atoms with Gasteiger partial charge in [-0.05, 0) is 25.7 Å². The molecular formula is C37H69NO8. The number of carbonyl (C=O) groups excluding carboxylic acids is 1. The lowest BCUT2D eigenvalue weighted by Gasteiger charge is -2.40. The summed E-state index contributed by atoms with van der Waals surface area (Å²) in [6.07, 6.45) is 23.9. The van der Waals surface area contributed by atoms with Crippen LogP contribution < -0.4 is 5.32 Å². The molecule has 0 aromatic carbocycles. The first-order valence-electron chi connectivity index (χ1n) is 18.6. The van der Waals surface area contributed by atoms with Crippen molar-refractivity contribution in [3.8, 4) is 0 Å². The third-order valence-corrected chi connectivity index (χ3v) is 8.76. The highest BCUT2D eigenvalue weighted by Gasteiger charge is 2.44. The Morgan fingerprint density at radius 1 is 0.717 bits per heavy atom. The number of rotatable bonds is 29. The minimum absolute atomic E-state index is 0.192. The molecule has 0 aromatic rings. The fourth-order valence-electron chi connectivity index (χ4n) is 5.71. The van der Waals surface area contributed by atoms with Crippen LogP contribution in [-0.2, 0) is 14.3 Å². The molecule has 7 atom stereocenters. The summed E-state index contributed by atoms with van der Waals surface area (Å²) in [5.41, 5.74) is 0. The molecule has 0 spiro atoms. The van der Waals surface area contributed by atoms with E-state index in [-0.39, 0.29) is 12.5 Å². The first-order chi connectivity index (χ1) is 22.3. The lowest BCUT2D eigenvalue weighted by molar-refractivity contribution is -0.302. The van der Waals surface area contributed by atoms with Crippen LogP contribution in [0.25, 0.3) is 0 Å². The van der Waals surface area contributed by atoms with Gasteiger partial charge in [0.15, 0.2) is 6.29 Å². The Hall–Kier alpha value is -1.33. The van der Waals surface area contributed by atoms with Crippen molar-refractivity contribution < 1.29 is 39.8 Å². The Morgan fingerprint density at radius 3 is 1.78 bits per heavy atom. The smallest absolute Gasteiger partial charge is 0.220 e. The van der Waals surface area contributed by atoms with Gasteiger partial charge < -0.3 is 40.3 Å². The lowest BCUT2D eigenvalue weighted by atomic mass is 9.99. The molecule has 1 heterocycles. The van der Waals surface area contributed by atoms with E-state index in [2.05, 4.69) is 31.3 Å². The van der Waals surface area contributed by atoms with Crippen molar-refractivity contribution in [2.75, 3.05) is 13.2 Å². The Labute approximate surface area is 279 Å². The van der Waals surface area contributed by atoms with Crippen LogP contribution in [0.15, 0.2) is 24.3 Å². The SMILES string of the molecule is CCC/C=C/CC/C=C/C(O)C(COC1OC(CO)C(O)C(O)C1O)NC(=O)CCCCCCCCCCCCCCCCCC. The van der Waals surface area contributed by atoms with Gasteiger partial charge in [-0.25, -0.2) is 0 Å². The molecule has 0 bridgehead atoms. The van der Waals surface area contributed by atoms with E-state index in [1.807, 2.05) is 6.08 Å². The average Bonchev–Trinajstić information content (AvgIpc) is 3.05. The van der Waals surface area contributed by atoms with Crippen LogP contribution in [-0.4, -0.2) is 87.5 Å². The topological polar surface area (TPSA) is 149 Å². The summed E-state index contributed by atoms with van der Waals surface area (Å²) in [6, 6.07) is -0.812. The number of carbonyl (C=O) groups is 1. The van der Waals surface area contributed by atoms with E-state index in [0.717, 1.165) is 44.9 Å². The minimum Gasteiger partial charge on any atom is -0.394 e. The molecule has 0 radical (unpaired) electrons. The van der Waals surface area contributed by atoms with Gasteiger partial charge in [-0.15, -0.1) is 0 Å². The van der Waals surface area contributed by atoms with E-state index in [1.165, 1.54) is 83.5 Å². The number of amides is 1. The number of aliphatic hydroxyl groups is 5. The summed E-state index contributed by atoms with van der Waals surface area (Å²) in [4.78, 5) is 12.8. The Bertz CT molecular complexity index is 776. The van der Waals surface area contributed by atoms with E-state index >= 15 is 0 Å². The van der Waals surface area contributed by atoms with Crippen LogP contribution in [0.5, 0.6) is 0 Å². The maximum atomic E-state index is 12.8. The predicted octanol–water partition coefficient (Wildman–Crippen LogP) is 5.99. The van der Waals surface area contributed by atoms with E-state index in [0.29, 0.717) is 6.42 Å². The third kappa shape index (κ3) is 20.1. The number of ether oxygens (including phenoxy) is 2. The highest BCUT2D eigenvalue weighted by Crippen LogP contribution is 2.22. The third-order valence-electron chi connectivity index (χ3n) is 8.76. The monoisotopic (exact) mass is 656 g/mol. The van der Waals surface area contributed by atoms with Gasteiger partial charge in [0.2, 0.25) is 5.91 Å². The lowest BCUT2D eigenvalue weighted by Crippen LogP contribution is -2.60. The molecule has 0 aliphatic carbocycles. The molecule has 1 aliphatic rings. The molecule has 9 nitrogen and oxygen atoms in total. The molecule has 1 rings (SSSR count). The van der Waals surface area contributed by atoms with Crippen molar-refractivity contribution in [2.24, 2.45) is 0 Å². The van der Waals surface area contributed by atoms with Crippen molar-refractivity contribution in [1.29, 1.82) is 0 Å². The molecule has 1 aliphatic heterocycles. The summed E-state index contributed by atoms with van der Waals surface area (Å²) in [6.45, 7) is 3.62. The summed E-state index contributed by atoms with van der Waals surface area (Å²) in [5.74, 6) is -0.192. The normalized spacial score (nSPS) is 23.3. The minimum atomic E-state index is -1.57. The van der Waals surface area contributed by atoms with Gasteiger partial charge in [0.05, 0.1) is 25.4 Å². The molecule has 270 valence electrons. The van der Waals surface area contributed by atoms with E-state index < -0.39 is 49.5 Å². The molecule has 46 heavy (non-hydrogen) atoms. The standard InChI is InChI=1S/C37H69NO8/c1-3-5-7-9-11-12-13-14-15-16-17-18-19-21-23-25-27-33(41)38-30(31(40)26-24-22-20-10-8-6-4-2)29-45-37-36(44)35(43)34(42)32(28-39)46-37/h8,10,24,26,30-32,34-37,39-40,42-44H,3-7,9,11-23,25,27-29H2,1-2H3,(H,38,41)/b10-8+,26-24+. The molecule has 7 unspecified atom stereocenters. The predicted molar refractivity (Wildman–Crippen MR) is 184 cm³/mol. The van der Waals surface area contributed by atoms with E-state index in [9.17, 15) is 30.3 Å². The molecule has 9 heteroatoms. The molecule has 0 saturated carbocycles. The maximum absolute atomic E-state index is 12.8. The van der Waals surface area contributed by atoms with E-state index in [4.69, 9.17) is 9.47 Å². The zero-order chi connectivity index (χ0) is 33.8. The summed E-state index contributed by atoms with van der Waals surface area (Å²) >= 11 is 0. The zero-order valence-electron chi connectivity index (χ0n) is 29.1. The van der Waals surface area contributed by atoms with Crippen LogP contribution in [0, 0.1) is 0 Å². The van der Waals surface area contributed by atoms with Crippen molar-refractivity contribution in [3.63, 3.8) is 0 Å². The molecule has 1 amide bonds. The van der Waals surface area contributed by atoms with Crippen molar-refractivity contribution in [2.45, 2.75) is 192 Å². The largest absolute Gasteiger partial charge is 0.394 e. The number of hydrogen-bond donors (Lipinski definition) is 6. The van der Waals surface area contributed by atoms with Gasteiger partial charge in [-0.2, -0.15) is 0 Å². The molecule has 1 fully saturated rings. The fraction of sp³-hybridized carbons (Fsp3) is 0.865. The van der Waals surface area contributed by atoms with Crippen LogP contribution >= 0.6 is 0 Å². The quantitative estimate of drug-likeness (QED) is 0.0425. The van der Waals surface area contributed by atoms with Crippen molar-refractivity contribution in [1.82, 2.24) is 5.32 Å². The second kappa shape index (κ2) is 28.7. The Morgan fingerprint density at radius 2 is 1.24 bits per heavy atom. The van der Waals surface area contributed by atoms with Crippen molar-refractivity contribution in [3.05, 3.63) is 24.3 Å². The molecule has 6 N–H and O–H groups in total.